The number of ether oxygens (including phenoxy) is 2. The predicted octanol–water partition coefficient (Wildman–Crippen LogP) is 3.05. The summed E-state index contributed by atoms with van der Waals surface area (Å²) in [6, 6.07) is 0. The first-order valence-electron chi connectivity index (χ1n) is 6.93. The molecule has 0 bridgehead atoms. The molecular weight excluding hydrogens is 262 g/mol. The fourth-order valence-corrected chi connectivity index (χ4v) is 3.45. The molecule has 2 N–H and O–H groups in total. The van der Waals surface area contributed by atoms with Gasteiger partial charge < -0.3 is 15.2 Å². The van der Waals surface area contributed by atoms with Crippen LogP contribution in [0.2, 0.25) is 5.02 Å². The molecular formula is C15H20ClNO2. The summed E-state index contributed by atoms with van der Waals surface area (Å²) in [5, 5.41) is 0.742. The SMILES string of the molecule is CC1Cc2c(c(Cl)c3c(c2C(C)CN)OC(C)C3)O1. The van der Waals surface area contributed by atoms with Crippen molar-refractivity contribution in [3.05, 3.63) is 21.7 Å². The van der Waals surface area contributed by atoms with Gasteiger partial charge >= 0.3 is 0 Å². The van der Waals surface area contributed by atoms with Crippen LogP contribution in [0.5, 0.6) is 11.5 Å². The van der Waals surface area contributed by atoms with Crippen LogP contribution in [-0.2, 0) is 12.8 Å². The molecule has 4 heteroatoms. The first kappa shape index (κ1) is 13.1. The van der Waals surface area contributed by atoms with Crippen LogP contribution in [0.15, 0.2) is 0 Å². The Hall–Kier alpha value is -0.930. The largest absolute Gasteiger partial charge is 0.490 e. The second-order valence-corrected chi connectivity index (χ2v) is 6.12. The Morgan fingerprint density at radius 2 is 1.74 bits per heavy atom. The molecule has 0 radical (unpaired) electrons. The minimum Gasteiger partial charge on any atom is -0.490 e. The number of halogens is 1. The lowest BCUT2D eigenvalue weighted by molar-refractivity contribution is 0.251. The molecule has 104 valence electrons. The van der Waals surface area contributed by atoms with E-state index in [1.807, 2.05) is 0 Å². The number of hydrogen-bond donors (Lipinski definition) is 1. The average Bonchev–Trinajstić information content (AvgIpc) is 2.92. The molecule has 2 heterocycles. The number of rotatable bonds is 2. The zero-order valence-corrected chi connectivity index (χ0v) is 12.4. The van der Waals surface area contributed by atoms with Gasteiger partial charge in [0, 0.05) is 29.5 Å². The van der Waals surface area contributed by atoms with E-state index < -0.39 is 0 Å². The van der Waals surface area contributed by atoms with E-state index in [4.69, 9.17) is 26.8 Å². The van der Waals surface area contributed by atoms with Crippen LogP contribution >= 0.6 is 11.6 Å². The summed E-state index contributed by atoms with van der Waals surface area (Å²) < 4.78 is 11.9. The highest BCUT2D eigenvalue weighted by molar-refractivity contribution is 6.33. The maximum Gasteiger partial charge on any atom is 0.142 e. The van der Waals surface area contributed by atoms with Gasteiger partial charge in [0.15, 0.2) is 0 Å². The molecule has 19 heavy (non-hydrogen) atoms. The first-order valence-corrected chi connectivity index (χ1v) is 7.31. The molecule has 0 spiro atoms. The third-order valence-electron chi connectivity index (χ3n) is 4.05. The van der Waals surface area contributed by atoms with Gasteiger partial charge in [-0.25, -0.2) is 0 Å². The third-order valence-corrected chi connectivity index (χ3v) is 4.45. The van der Waals surface area contributed by atoms with Crippen LogP contribution in [0.3, 0.4) is 0 Å². The van der Waals surface area contributed by atoms with Crippen LogP contribution in [0, 0.1) is 0 Å². The van der Waals surface area contributed by atoms with Crippen molar-refractivity contribution in [3.8, 4) is 11.5 Å². The molecule has 3 nitrogen and oxygen atoms in total. The van der Waals surface area contributed by atoms with Crippen molar-refractivity contribution in [2.75, 3.05) is 6.54 Å². The van der Waals surface area contributed by atoms with E-state index in [-0.39, 0.29) is 18.1 Å². The van der Waals surface area contributed by atoms with Crippen LogP contribution in [0.25, 0.3) is 0 Å². The minimum absolute atomic E-state index is 0.177. The number of benzene rings is 1. The molecule has 1 aromatic rings. The molecule has 3 unspecified atom stereocenters. The van der Waals surface area contributed by atoms with E-state index in [0.29, 0.717) is 6.54 Å². The lowest BCUT2D eigenvalue weighted by Gasteiger charge is -2.19. The summed E-state index contributed by atoms with van der Waals surface area (Å²) in [5.74, 6) is 2.09. The molecule has 0 saturated carbocycles. The van der Waals surface area contributed by atoms with Crippen LogP contribution in [-0.4, -0.2) is 18.8 Å². The van der Waals surface area contributed by atoms with Gasteiger partial charge in [-0.15, -0.1) is 0 Å². The Bertz CT molecular complexity index is 490. The highest BCUT2D eigenvalue weighted by Crippen LogP contribution is 2.51. The van der Waals surface area contributed by atoms with Gasteiger partial charge in [0.2, 0.25) is 0 Å². The smallest absolute Gasteiger partial charge is 0.142 e. The third kappa shape index (κ3) is 1.91. The normalized spacial score (nSPS) is 25.5. The summed E-state index contributed by atoms with van der Waals surface area (Å²) in [5.41, 5.74) is 9.38. The number of fused-ring (bicyclic) bond motifs is 2. The molecule has 0 aromatic heterocycles. The Labute approximate surface area is 119 Å². The molecule has 0 amide bonds. The van der Waals surface area contributed by atoms with Crippen LogP contribution < -0.4 is 15.2 Å². The second kappa shape index (κ2) is 4.57. The number of nitrogens with two attached hydrogens (primary N) is 1. The Morgan fingerprint density at radius 1 is 1.16 bits per heavy atom. The zero-order chi connectivity index (χ0) is 13.7. The number of hydrogen-bond acceptors (Lipinski definition) is 3. The van der Waals surface area contributed by atoms with Crippen molar-refractivity contribution in [1.82, 2.24) is 0 Å². The zero-order valence-electron chi connectivity index (χ0n) is 11.6. The monoisotopic (exact) mass is 281 g/mol. The second-order valence-electron chi connectivity index (χ2n) is 5.74. The molecule has 0 saturated heterocycles. The fourth-order valence-electron chi connectivity index (χ4n) is 3.13. The van der Waals surface area contributed by atoms with Crippen LogP contribution in [0.4, 0.5) is 0 Å². The maximum atomic E-state index is 6.51. The Morgan fingerprint density at radius 3 is 2.37 bits per heavy atom. The van der Waals surface area contributed by atoms with Gasteiger partial charge in [0.25, 0.3) is 0 Å². The molecule has 2 aliphatic rings. The summed E-state index contributed by atoms with van der Waals surface area (Å²) >= 11 is 6.51. The van der Waals surface area contributed by atoms with Gasteiger partial charge in [0.05, 0.1) is 5.02 Å². The highest BCUT2D eigenvalue weighted by atomic mass is 35.5. The van der Waals surface area contributed by atoms with Gasteiger partial charge in [-0.3, -0.25) is 0 Å². The van der Waals surface area contributed by atoms with Crippen molar-refractivity contribution < 1.29 is 9.47 Å². The quantitative estimate of drug-likeness (QED) is 0.906. The van der Waals surface area contributed by atoms with Crippen molar-refractivity contribution >= 4 is 11.6 Å². The minimum atomic E-state index is 0.177. The van der Waals surface area contributed by atoms with Crippen molar-refractivity contribution in [3.63, 3.8) is 0 Å². The van der Waals surface area contributed by atoms with Crippen LogP contribution in [0.1, 0.15) is 43.4 Å². The summed E-state index contributed by atoms with van der Waals surface area (Å²) in [6.07, 6.45) is 2.09. The standard InChI is InChI=1S/C15H20ClNO2/c1-7(6-17)12-10-4-8(2)19-15(10)13(16)11-5-9(3)18-14(11)12/h7-9H,4-6,17H2,1-3H3. The fraction of sp³-hybridized carbons (Fsp3) is 0.600. The summed E-state index contributed by atoms with van der Waals surface area (Å²) in [7, 11) is 0. The topological polar surface area (TPSA) is 44.5 Å². The van der Waals surface area contributed by atoms with E-state index in [1.165, 1.54) is 11.1 Å². The van der Waals surface area contributed by atoms with Gasteiger partial charge in [-0.1, -0.05) is 18.5 Å². The lowest BCUT2D eigenvalue weighted by Crippen LogP contribution is -2.13. The Kier molecular flexibility index (Phi) is 3.14. The van der Waals surface area contributed by atoms with E-state index in [2.05, 4.69) is 20.8 Å². The summed E-state index contributed by atoms with van der Waals surface area (Å²) in [6.45, 7) is 6.88. The van der Waals surface area contributed by atoms with E-state index in [0.717, 1.165) is 34.9 Å². The highest BCUT2D eigenvalue weighted by Gasteiger charge is 2.36. The lowest BCUT2D eigenvalue weighted by atomic mass is 9.90. The Balaban J connectivity index is 2.23. The predicted molar refractivity (Wildman–Crippen MR) is 76.5 cm³/mol. The average molecular weight is 282 g/mol. The summed E-state index contributed by atoms with van der Waals surface area (Å²) in [4.78, 5) is 0. The van der Waals surface area contributed by atoms with Crippen molar-refractivity contribution in [1.29, 1.82) is 0 Å². The maximum absolute atomic E-state index is 6.51. The van der Waals surface area contributed by atoms with Crippen molar-refractivity contribution in [2.45, 2.75) is 51.7 Å². The van der Waals surface area contributed by atoms with E-state index in [9.17, 15) is 0 Å². The van der Waals surface area contributed by atoms with E-state index in [1.54, 1.807) is 0 Å². The molecule has 3 atom stereocenters. The molecule has 0 aliphatic carbocycles. The molecule has 3 rings (SSSR count). The molecule has 1 aromatic carbocycles. The first-order chi connectivity index (χ1) is 9.02. The van der Waals surface area contributed by atoms with Gasteiger partial charge in [-0.2, -0.15) is 0 Å². The van der Waals surface area contributed by atoms with Gasteiger partial charge in [0.1, 0.15) is 23.7 Å². The molecule has 0 fully saturated rings. The van der Waals surface area contributed by atoms with Crippen molar-refractivity contribution in [2.24, 2.45) is 5.73 Å². The van der Waals surface area contributed by atoms with Gasteiger partial charge in [-0.05, 0) is 26.3 Å². The molecule has 2 aliphatic heterocycles. The van der Waals surface area contributed by atoms with E-state index >= 15 is 0 Å².